The van der Waals surface area contributed by atoms with E-state index in [1.165, 1.54) is 12.1 Å². The maximum atomic E-state index is 13.6. The zero-order chi connectivity index (χ0) is 27.3. The first-order valence-corrected chi connectivity index (χ1v) is 12.7. The van der Waals surface area contributed by atoms with E-state index in [4.69, 9.17) is 11.0 Å². The molecule has 0 radical (unpaired) electrons. The van der Waals surface area contributed by atoms with Crippen molar-refractivity contribution in [3.8, 4) is 17.2 Å². The number of hydrogen-bond acceptors (Lipinski definition) is 4. The van der Waals surface area contributed by atoms with E-state index in [0.717, 1.165) is 53.6 Å². The van der Waals surface area contributed by atoms with Crippen LogP contribution in [0.1, 0.15) is 54.4 Å². The summed E-state index contributed by atoms with van der Waals surface area (Å²) in [6.45, 7) is 0.403. The highest BCUT2D eigenvalue weighted by atomic mass is 19.4. The average Bonchev–Trinajstić information content (AvgIpc) is 2.93. The van der Waals surface area contributed by atoms with Crippen LogP contribution in [0.2, 0.25) is 0 Å². The lowest BCUT2D eigenvalue weighted by Crippen LogP contribution is -2.51. The first kappa shape index (κ1) is 27.4. The first-order chi connectivity index (χ1) is 18.1. The number of nitrogens with one attached hydrogen (secondary N) is 1. The molecular formula is C30H30F3N3O2. The third-order valence-electron chi connectivity index (χ3n) is 7.27. The van der Waals surface area contributed by atoms with Gasteiger partial charge in [-0.25, -0.2) is 0 Å². The van der Waals surface area contributed by atoms with Crippen molar-refractivity contribution >= 4 is 11.6 Å². The van der Waals surface area contributed by atoms with E-state index in [1.54, 1.807) is 0 Å². The van der Waals surface area contributed by atoms with E-state index < -0.39 is 28.8 Å². The Morgan fingerprint density at radius 3 is 2.21 bits per heavy atom. The number of anilines is 1. The predicted molar refractivity (Wildman–Crippen MR) is 140 cm³/mol. The first-order valence-electron chi connectivity index (χ1n) is 12.7. The van der Waals surface area contributed by atoms with Gasteiger partial charge in [0.1, 0.15) is 5.60 Å². The SMILES string of the molecule is N#Cc1ccc(NC(=O)C(O)(Cc2cccc(-c3cccc(CN)c3)c2)C2CCCCC2)cc1C(F)(F)F. The lowest BCUT2D eigenvalue weighted by Gasteiger charge is -2.37. The molecule has 0 aromatic heterocycles. The number of halogens is 3. The van der Waals surface area contributed by atoms with Crippen molar-refractivity contribution in [1.29, 1.82) is 5.26 Å². The molecule has 3 aromatic rings. The molecule has 38 heavy (non-hydrogen) atoms. The Kier molecular flexibility index (Phi) is 8.20. The molecule has 1 atom stereocenters. The fourth-order valence-corrected chi connectivity index (χ4v) is 5.23. The Hall–Kier alpha value is -3.67. The molecule has 1 aliphatic rings. The third-order valence-corrected chi connectivity index (χ3v) is 7.27. The summed E-state index contributed by atoms with van der Waals surface area (Å²) in [5, 5.41) is 23.5. The highest BCUT2D eigenvalue weighted by Gasteiger charge is 2.44. The van der Waals surface area contributed by atoms with E-state index >= 15 is 0 Å². The minimum atomic E-state index is -4.76. The van der Waals surface area contributed by atoms with Gasteiger partial charge in [-0.2, -0.15) is 18.4 Å². The monoisotopic (exact) mass is 521 g/mol. The molecule has 1 unspecified atom stereocenters. The predicted octanol–water partition coefficient (Wildman–Crippen LogP) is 6.20. The van der Waals surface area contributed by atoms with Crippen LogP contribution in [0.5, 0.6) is 0 Å². The summed E-state index contributed by atoms with van der Waals surface area (Å²) in [4.78, 5) is 13.6. The fraction of sp³-hybridized carbons (Fsp3) is 0.333. The maximum Gasteiger partial charge on any atom is 0.417 e. The van der Waals surface area contributed by atoms with Gasteiger partial charge in [0.2, 0.25) is 0 Å². The van der Waals surface area contributed by atoms with Crippen LogP contribution in [0.15, 0.2) is 66.7 Å². The largest absolute Gasteiger partial charge is 0.417 e. The normalized spacial score (nSPS) is 15.9. The molecule has 1 amide bonds. The zero-order valence-electron chi connectivity index (χ0n) is 20.9. The van der Waals surface area contributed by atoms with Crippen molar-refractivity contribution in [2.75, 3.05) is 5.32 Å². The van der Waals surface area contributed by atoms with Crippen molar-refractivity contribution in [1.82, 2.24) is 0 Å². The van der Waals surface area contributed by atoms with Crippen LogP contribution in [-0.2, 0) is 23.9 Å². The molecule has 0 aliphatic heterocycles. The lowest BCUT2D eigenvalue weighted by molar-refractivity contribution is -0.142. The second-order valence-corrected chi connectivity index (χ2v) is 9.86. The summed E-state index contributed by atoms with van der Waals surface area (Å²) < 4.78 is 40.4. The van der Waals surface area contributed by atoms with Gasteiger partial charge in [0.05, 0.1) is 17.2 Å². The minimum absolute atomic E-state index is 0.0102. The number of carbonyl (C=O) groups excluding carboxylic acids is 1. The van der Waals surface area contributed by atoms with Crippen LogP contribution < -0.4 is 11.1 Å². The standard InChI is InChI=1S/C30H30F3N3O2/c31-30(32,33)27-16-26(13-12-24(27)19-35)36-28(37)29(38,25-10-2-1-3-11-25)17-20-6-4-8-22(14-20)23-9-5-7-21(15-23)18-34/h4-9,12-16,25,38H,1-3,10-11,17-18,34H2,(H,36,37). The number of rotatable bonds is 7. The summed E-state index contributed by atoms with van der Waals surface area (Å²) in [6, 6.07) is 19.9. The second kappa shape index (κ2) is 11.4. The van der Waals surface area contributed by atoms with Gasteiger partial charge < -0.3 is 16.2 Å². The van der Waals surface area contributed by atoms with Crippen molar-refractivity contribution < 1.29 is 23.1 Å². The minimum Gasteiger partial charge on any atom is -0.379 e. The highest BCUT2D eigenvalue weighted by Crippen LogP contribution is 2.38. The fourth-order valence-electron chi connectivity index (χ4n) is 5.23. The topological polar surface area (TPSA) is 99.1 Å². The van der Waals surface area contributed by atoms with Gasteiger partial charge in [-0.15, -0.1) is 0 Å². The number of hydrogen-bond donors (Lipinski definition) is 3. The quantitative estimate of drug-likeness (QED) is 0.345. The number of alkyl halides is 3. The molecule has 8 heteroatoms. The van der Waals surface area contributed by atoms with E-state index in [1.807, 2.05) is 48.5 Å². The van der Waals surface area contributed by atoms with Crippen LogP contribution in [0.4, 0.5) is 18.9 Å². The van der Waals surface area contributed by atoms with Crippen molar-refractivity contribution in [2.45, 2.75) is 56.8 Å². The summed E-state index contributed by atoms with van der Waals surface area (Å²) >= 11 is 0. The number of nitrogens with zero attached hydrogens (tertiary/aromatic N) is 1. The van der Waals surface area contributed by atoms with Crippen LogP contribution in [-0.4, -0.2) is 16.6 Å². The number of nitriles is 1. The molecular weight excluding hydrogens is 491 g/mol. The molecule has 198 valence electrons. The maximum absolute atomic E-state index is 13.6. The zero-order valence-corrected chi connectivity index (χ0v) is 20.9. The van der Waals surface area contributed by atoms with Gasteiger partial charge in [-0.05, 0) is 65.3 Å². The summed E-state index contributed by atoms with van der Waals surface area (Å²) in [6.07, 6.45) is -0.732. The Balaban J connectivity index is 1.65. The molecule has 0 heterocycles. The van der Waals surface area contributed by atoms with E-state index in [2.05, 4.69) is 5.32 Å². The third kappa shape index (κ3) is 6.07. The summed E-state index contributed by atoms with van der Waals surface area (Å²) in [5.41, 5.74) is 5.74. The Morgan fingerprint density at radius 1 is 0.974 bits per heavy atom. The van der Waals surface area contributed by atoms with Crippen LogP contribution >= 0.6 is 0 Å². The van der Waals surface area contributed by atoms with Gasteiger partial charge in [0.15, 0.2) is 0 Å². The van der Waals surface area contributed by atoms with Crippen molar-refractivity contribution in [3.05, 3.63) is 89.0 Å². The Labute approximate surface area is 220 Å². The van der Waals surface area contributed by atoms with Gasteiger partial charge >= 0.3 is 6.18 Å². The molecule has 3 aromatic carbocycles. The molecule has 1 saturated carbocycles. The van der Waals surface area contributed by atoms with Crippen LogP contribution in [0.3, 0.4) is 0 Å². The van der Waals surface area contributed by atoms with Gasteiger partial charge in [0.25, 0.3) is 5.91 Å². The smallest absolute Gasteiger partial charge is 0.379 e. The Bertz CT molecular complexity index is 1340. The molecule has 1 fully saturated rings. The molecule has 1 aliphatic carbocycles. The number of aliphatic hydroxyl groups is 1. The second-order valence-electron chi connectivity index (χ2n) is 9.86. The molecule has 0 spiro atoms. The highest BCUT2D eigenvalue weighted by molar-refractivity contribution is 5.97. The van der Waals surface area contributed by atoms with Crippen LogP contribution in [0, 0.1) is 17.2 Å². The summed E-state index contributed by atoms with van der Waals surface area (Å²) in [5.74, 6) is -1.10. The molecule has 4 rings (SSSR count). The van der Waals surface area contributed by atoms with E-state index in [9.17, 15) is 23.1 Å². The van der Waals surface area contributed by atoms with Crippen molar-refractivity contribution in [2.24, 2.45) is 11.7 Å². The Morgan fingerprint density at radius 2 is 1.61 bits per heavy atom. The van der Waals surface area contributed by atoms with E-state index in [-0.39, 0.29) is 18.0 Å². The van der Waals surface area contributed by atoms with Gasteiger partial charge in [-0.3, -0.25) is 4.79 Å². The number of amides is 1. The van der Waals surface area contributed by atoms with Gasteiger partial charge in [0, 0.05) is 18.7 Å². The van der Waals surface area contributed by atoms with E-state index in [0.29, 0.717) is 19.4 Å². The molecule has 4 N–H and O–H groups in total. The van der Waals surface area contributed by atoms with Crippen LogP contribution in [0.25, 0.3) is 11.1 Å². The lowest BCUT2D eigenvalue weighted by atomic mass is 9.73. The van der Waals surface area contributed by atoms with Gasteiger partial charge in [-0.1, -0.05) is 61.7 Å². The number of carbonyl (C=O) groups is 1. The summed E-state index contributed by atoms with van der Waals surface area (Å²) in [7, 11) is 0. The molecule has 5 nitrogen and oxygen atoms in total. The molecule has 0 saturated heterocycles. The number of benzene rings is 3. The number of nitrogens with two attached hydrogens (primary N) is 1. The molecule has 0 bridgehead atoms. The average molecular weight is 522 g/mol. The van der Waals surface area contributed by atoms with Crippen molar-refractivity contribution in [3.63, 3.8) is 0 Å².